The lowest BCUT2D eigenvalue weighted by Gasteiger charge is -2.24. The molecule has 2 aliphatic rings. The van der Waals surface area contributed by atoms with Crippen molar-refractivity contribution in [2.24, 2.45) is 5.73 Å². The fourth-order valence-corrected chi connectivity index (χ4v) is 5.71. The third-order valence-corrected chi connectivity index (χ3v) is 7.53. The number of carbonyl (C=O) groups excluding carboxylic acids is 4. The van der Waals surface area contributed by atoms with Crippen molar-refractivity contribution in [3.8, 4) is 0 Å². The molecular weight excluding hydrogens is 440 g/mol. The number of hydrogen-bond donors (Lipinski definition) is 3. The minimum Gasteiger partial charge on any atom is -0.365 e. The summed E-state index contributed by atoms with van der Waals surface area (Å²) in [5.41, 5.74) is 7.21. The molecule has 5 amide bonds. The molecule has 0 saturated carbocycles. The molecule has 174 valence electrons. The summed E-state index contributed by atoms with van der Waals surface area (Å²) < 4.78 is 0. The standard InChI is InChI=1S/C24H28N4O4S/c1-23(2,3)13-8-10-14(11-9-13)24(4)21(31)28(22(32)27-24)12-17(29)26-20-18(19(25)30)15-6-5-7-16(15)33-20/h8-11H,5-7,12H2,1-4H3,(H2,25,30)(H,26,29)(H,27,32)/t24-/m0/s1. The number of thiophene rings is 1. The molecule has 2 heterocycles. The van der Waals surface area contributed by atoms with E-state index in [1.165, 1.54) is 11.3 Å². The van der Waals surface area contributed by atoms with Gasteiger partial charge in [-0.25, -0.2) is 4.79 Å². The summed E-state index contributed by atoms with van der Waals surface area (Å²) in [5, 5.41) is 5.79. The van der Waals surface area contributed by atoms with Crippen LogP contribution in [-0.2, 0) is 33.4 Å². The van der Waals surface area contributed by atoms with Crippen LogP contribution in [0.4, 0.5) is 9.80 Å². The van der Waals surface area contributed by atoms with Crippen molar-refractivity contribution in [3.63, 3.8) is 0 Å². The average molecular weight is 469 g/mol. The van der Waals surface area contributed by atoms with E-state index >= 15 is 0 Å². The lowest BCUT2D eigenvalue weighted by molar-refractivity contribution is -0.133. The first-order valence-electron chi connectivity index (χ1n) is 10.9. The number of imide groups is 1. The van der Waals surface area contributed by atoms with Crippen LogP contribution in [0.25, 0.3) is 0 Å². The van der Waals surface area contributed by atoms with Gasteiger partial charge in [-0.15, -0.1) is 11.3 Å². The van der Waals surface area contributed by atoms with Gasteiger partial charge in [-0.3, -0.25) is 19.3 Å². The maximum Gasteiger partial charge on any atom is 0.325 e. The van der Waals surface area contributed by atoms with Crippen LogP contribution in [0.2, 0.25) is 0 Å². The molecule has 4 N–H and O–H groups in total. The minimum atomic E-state index is -1.27. The van der Waals surface area contributed by atoms with Crippen LogP contribution >= 0.6 is 11.3 Å². The van der Waals surface area contributed by atoms with Crippen LogP contribution in [-0.4, -0.2) is 35.2 Å². The van der Waals surface area contributed by atoms with Crippen LogP contribution in [0.5, 0.6) is 0 Å². The van der Waals surface area contributed by atoms with E-state index in [2.05, 4.69) is 31.4 Å². The molecule has 1 aliphatic carbocycles. The van der Waals surface area contributed by atoms with Gasteiger partial charge in [-0.05, 0) is 48.3 Å². The van der Waals surface area contributed by atoms with E-state index < -0.39 is 35.8 Å². The Morgan fingerprint density at radius 2 is 1.85 bits per heavy atom. The van der Waals surface area contributed by atoms with Gasteiger partial charge >= 0.3 is 6.03 Å². The number of anilines is 1. The number of amides is 5. The van der Waals surface area contributed by atoms with E-state index in [1.54, 1.807) is 6.92 Å². The van der Waals surface area contributed by atoms with Crippen molar-refractivity contribution in [3.05, 3.63) is 51.4 Å². The van der Waals surface area contributed by atoms with Crippen molar-refractivity contribution < 1.29 is 19.2 Å². The zero-order valence-corrected chi connectivity index (χ0v) is 20.0. The molecule has 1 fully saturated rings. The molecule has 1 atom stereocenters. The van der Waals surface area contributed by atoms with E-state index in [9.17, 15) is 19.2 Å². The van der Waals surface area contributed by atoms with E-state index in [0.29, 0.717) is 16.1 Å². The van der Waals surface area contributed by atoms with E-state index in [-0.39, 0.29) is 5.41 Å². The first-order chi connectivity index (χ1) is 15.4. The van der Waals surface area contributed by atoms with Gasteiger partial charge in [0.2, 0.25) is 5.91 Å². The zero-order valence-electron chi connectivity index (χ0n) is 19.2. The van der Waals surface area contributed by atoms with Gasteiger partial charge in [0.05, 0.1) is 5.56 Å². The number of benzene rings is 1. The molecule has 1 saturated heterocycles. The van der Waals surface area contributed by atoms with Gasteiger partial charge in [-0.1, -0.05) is 45.0 Å². The molecule has 1 aromatic heterocycles. The number of hydrogen-bond acceptors (Lipinski definition) is 5. The largest absolute Gasteiger partial charge is 0.365 e. The Balaban J connectivity index is 1.51. The number of urea groups is 1. The van der Waals surface area contributed by atoms with Crippen molar-refractivity contribution in [2.75, 3.05) is 11.9 Å². The lowest BCUT2D eigenvalue weighted by Crippen LogP contribution is -2.42. The van der Waals surface area contributed by atoms with E-state index in [0.717, 1.165) is 40.2 Å². The number of carbonyl (C=O) groups is 4. The maximum atomic E-state index is 13.2. The molecule has 8 nitrogen and oxygen atoms in total. The summed E-state index contributed by atoms with van der Waals surface area (Å²) in [6.07, 6.45) is 2.54. The number of primary amides is 1. The lowest BCUT2D eigenvalue weighted by atomic mass is 9.84. The van der Waals surface area contributed by atoms with Gasteiger partial charge in [0.25, 0.3) is 11.8 Å². The van der Waals surface area contributed by atoms with Gasteiger partial charge in [-0.2, -0.15) is 0 Å². The smallest absolute Gasteiger partial charge is 0.325 e. The highest BCUT2D eigenvalue weighted by Crippen LogP contribution is 2.39. The highest BCUT2D eigenvalue weighted by Gasteiger charge is 2.49. The highest BCUT2D eigenvalue weighted by molar-refractivity contribution is 7.17. The monoisotopic (exact) mass is 468 g/mol. The van der Waals surface area contributed by atoms with Crippen LogP contribution in [0.1, 0.15) is 66.0 Å². The summed E-state index contributed by atoms with van der Waals surface area (Å²) in [5.74, 6) is -1.66. The molecule has 1 aliphatic heterocycles. The quantitative estimate of drug-likeness (QED) is 0.584. The van der Waals surface area contributed by atoms with Gasteiger partial charge in [0.1, 0.15) is 17.1 Å². The van der Waals surface area contributed by atoms with Crippen LogP contribution < -0.4 is 16.4 Å². The Labute approximate surface area is 196 Å². The van der Waals surface area contributed by atoms with Gasteiger partial charge in [0.15, 0.2) is 0 Å². The minimum absolute atomic E-state index is 0.0434. The SMILES string of the molecule is CC(C)(C)c1ccc([C@]2(C)NC(=O)N(CC(=O)Nc3sc4c(c3C(N)=O)CCC4)C2=O)cc1. The second kappa shape index (κ2) is 7.98. The fourth-order valence-electron chi connectivity index (χ4n) is 4.40. The Morgan fingerprint density at radius 3 is 2.45 bits per heavy atom. The van der Waals surface area contributed by atoms with Crippen LogP contribution in [0.15, 0.2) is 24.3 Å². The Hall–Kier alpha value is -3.20. The molecule has 1 aromatic carbocycles. The first-order valence-corrected chi connectivity index (χ1v) is 11.7. The molecule has 0 radical (unpaired) electrons. The van der Waals surface area contributed by atoms with Gasteiger partial charge < -0.3 is 16.4 Å². The van der Waals surface area contributed by atoms with Crippen molar-refractivity contribution in [2.45, 2.75) is 57.9 Å². The topological polar surface area (TPSA) is 122 Å². The second-order valence-electron chi connectivity index (χ2n) is 9.75. The average Bonchev–Trinajstić information content (AvgIpc) is 3.36. The fraction of sp³-hybridized carbons (Fsp3) is 0.417. The highest BCUT2D eigenvalue weighted by atomic mass is 32.1. The van der Waals surface area contributed by atoms with E-state index in [4.69, 9.17) is 5.73 Å². The molecule has 0 unspecified atom stereocenters. The Kier molecular flexibility index (Phi) is 5.56. The molecule has 4 rings (SSSR count). The molecule has 0 bridgehead atoms. The van der Waals surface area contributed by atoms with Gasteiger partial charge in [0, 0.05) is 4.88 Å². The summed E-state index contributed by atoms with van der Waals surface area (Å²) in [6, 6.07) is 6.90. The number of nitrogens with two attached hydrogens (primary N) is 1. The number of rotatable bonds is 5. The molecule has 9 heteroatoms. The number of aryl methyl sites for hydroxylation is 1. The Morgan fingerprint density at radius 1 is 1.18 bits per heavy atom. The predicted molar refractivity (Wildman–Crippen MR) is 126 cm³/mol. The summed E-state index contributed by atoms with van der Waals surface area (Å²) in [6.45, 7) is 7.46. The molecule has 2 aromatic rings. The molecule has 33 heavy (non-hydrogen) atoms. The summed E-state index contributed by atoms with van der Waals surface area (Å²) >= 11 is 1.33. The normalized spacial score (nSPS) is 20.1. The molecule has 0 spiro atoms. The predicted octanol–water partition coefficient (Wildman–Crippen LogP) is 3.04. The van der Waals surface area contributed by atoms with E-state index in [1.807, 2.05) is 24.3 Å². The van der Waals surface area contributed by atoms with Crippen molar-refractivity contribution in [1.82, 2.24) is 10.2 Å². The zero-order chi connectivity index (χ0) is 24.1. The number of nitrogens with one attached hydrogen (secondary N) is 2. The van der Waals surface area contributed by atoms with Crippen LogP contribution in [0.3, 0.4) is 0 Å². The maximum absolute atomic E-state index is 13.2. The summed E-state index contributed by atoms with van der Waals surface area (Å²) in [7, 11) is 0. The third-order valence-electron chi connectivity index (χ3n) is 6.33. The van der Waals surface area contributed by atoms with Crippen LogP contribution in [0, 0.1) is 0 Å². The second-order valence-corrected chi connectivity index (χ2v) is 10.9. The van der Waals surface area contributed by atoms with Crippen molar-refractivity contribution in [1.29, 1.82) is 0 Å². The third kappa shape index (κ3) is 4.01. The summed E-state index contributed by atoms with van der Waals surface area (Å²) in [4.78, 5) is 52.4. The number of fused-ring (bicyclic) bond motifs is 1. The molecular formula is C24H28N4O4S. The first kappa shape index (κ1) is 23.0. The van der Waals surface area contributed by atoms with Crippen molar-refractivity contribution >= 4 is 40.1 Å². The Bertz CT molecular complexity index is 1160. The number of nitrogens with zero attached hydrogens (tertiary/aromatic N) is 1.